The quantitative estimate of drug-likeness (QED) is 0.884. The van der Waals surface area contributed by atoms with Gasteiger partial charge in [0, 0.05) is 25.7 Å². The molecule has 1 atom stereocenters. The topological polar surface area (TPSA) is 41.6 Å². The second-order valence-corrected chi connectivity index (χ2v) is 7.50. The monoisotopic (exact) mass is 330 g/mol. The van der Waals surface area contributed by atoms with Crippen molar-refractivity contribution in [2.45, 2.75) is 52.2 Å². The summed E-state index contributed by atoms with van der Waals surface area (Å²) in [4.78, 5) is 14.1. The number of benzene rings is 1. The van der Waals surface area contributed by atoms with E-state index in [2.05, 4.69) is 30.4 Å². The molecule has 2 rings (SSSR count). The highest BCUT2D eigenvalue weighted by Gasteiger charge is 2.31. The normalized spacial score (nSPS) is 18.8. The smallest absolute Gasteiger partial charge is 0.410 e. The summed E-state index contributed by atoms with van der Waals surface area (Å²) in [5, 5.41) is 3.48. The molecule has 24 heavy (non-hydrogen) atoms. The van der Waals surface area contributed by atoms with Crippen molar-refractivity contribution >= 4 is 12.2 Å². The van der Waals surface area contributed by atoms with Crippen LogP contribution in [0.5, 0.6) is 0 Å². The molecule has 1 amide bonds. The van der Waals surface area contributed by atoms with Gasteiger partial charge >= 0.3 is 6.09 Å². The average Bonchev–Trinajstić information content (AvgIpc) is 2.95. The van der Waals surface area contributed by atoms with Gasteiger partial charge in [0.05, 0.1) is 0 Å². The molecule has 0 radical (unpaired) electrons. The van der Waals surface area contributed by atoms with Crippen LogP contribution in [0.25, 0.3) is 6.08 Å². The first-order chi connectivity index (χ1) is 11.3. The third-order valence-corrected chi connectivity index (χ3v) is 4.00. The summed E-state index contributed by atoms with van der Waals surface area (Å²) in [5.41, 5.74) is 2.06. The van der Waals surface area contributed by atoms with Gasteiger partial charge in [0.1, 0.15) is 5.60 Å². The van der Waals surface area contributed by atoms with Crippen LogP contribution in [0.1, 0.15) is 46.1 Å². The van der Waals surface area contributed by atoms with Crippen LogP contribution in [0.15, 0.2) is 35.9 Å². The molecule has 4 heteroatoms. The Balaban J connectivity index is 1.80. The maximum Gasteiger partial charge on any atom is 0.410 e. The fraction of sp³-hybridized carbons (Fsp3) is 0.550. The van der Waals surface area contributed by atoms with Gasteiger partial charge in [-0.3, -0.25) is 0 Å². The number of carbonyl (C=O) groups excluding carboxylic acids is 1. The lowest BCUT2D eigenvalue weighted by Gasteiger charge is -2.28. The van der Waals surface area contributed by atoms with E-state index in [-0.39, 0.29) is 12.1 Å². The molecule has 1 fully saturated rings. The van der Waals surface area contributed by atoms with Gasteiger partial charge in [-0.15, -0.1) is 0 Å². The predicted molar refractivity (Wildman–Crippen MR) is 98.9 cm³/mol. The minimum atomic E-state index is -0.438. The number of rotatable bonds is 5. The first-order valence-electron chi connectivity index (χ1n) is 8.78. The molecule has 0 saturated carbocycles. The molecule has 1 aliphatic heterocycles. The predicted octanol–water partition coefficient (Wildman–Crippen LogP) is 4.08. The number of hydrogen-bond donors (Lipinski definition) is 1. The Bertz CT molecular complexity index is 561. The molecule has 0 aromatic heterocycles. The summed E-state index contributed by atoms with van der Waals surface area (Å²) < 4.78 is 5.51. The zero-order chi connectivity index (χ0) is 17.6. The molecule has 4 nitrogen and oxygen atoms in total. The van der Waals surface area contributed by atoms with E-state index in [1.165, 1.54) is 11.1 Å². The molecule has 132 valence electrons. The molecule has 0 spiro atoms. The summed E-state index contributed by atoms with van der Waals surface area (Å²) in [6, 6.07) is 10.5. The number of amides is 1. The second-order valence-electron chi connectivity index (χ2n) is 7.50. The van der Waals surface area contributed by atoms with Gasteiger partial charge in [0.25, 0.3) is 0 Å². The van der Waals surface area contributed by atoms with Crippen LogP contribution in [0, 0.1) is 0 Å². The van der Waals surface area contributed by atoms with Crippen LogP contribution >= 0.6 is 0 Å². The minimum Gasteiger partial charge on any atom is -0.444 e. The van der Waals surface area contributed by atoms with E-state index in [0.29, 0.717) is 0 Å². The summed E-state index contributed by atoms with van der Waals surface area (Å²) in [5.74, 6) is 0. The van der Waals surface area contributed by atoms with E-state index in [1.54, 1.807) is 0 Å². The van der Waals surface area contributed by atoms with Crippen molar-refractivity contribution in [3.8, 4) is 0 Å². The number of likely N-dealkylation sites (tertiary alicyclic amines) is 1. The van der Waals surface area contributed by atoms with Crippen molar-refractivity contribution in [3.63, 3.8) is 0 Å². The fourth-order valence-corrected chi connectivity index (χ4v) is 2.93. The highest BCUT2D eigenvalue weighted by molar-refractivity contribution is 5.69. The van der Waals surface area contributed by atoms with Crippen molar-refractivity contribution < 1.29 is 9.53 Å². The highest BCUT2D eigenvalue weighted by Crippen LogP contribution is 2.20. The number of ether oxygens (including phenoxy) is 1. The molecular weight excluding hydrogens is 300 g/mol. The first kappa shape index (κ1) is 18.5. The van der Waals surface area contributed by atoms with Crippen LogP contribution in [-0.2, 0) is 4.74 Å². The standard InChI is InChI=1S/C20H30N2O2/c1-16(13-17-9-6-5-7-10-17)14-21-15-18-11-8-12-22(18)19(23)24-20(2,3)4/h5-7,9-10,13,18,21H,8,11-12,14-15H2,1-4H3/t18-/m0/s1. The maximum absolute atomic E-state index is 12.3. The number of carbonyl (C=O) groups is 1. The molecule has 1 aromatic carbocycles. The van der Waals surface area contributed by atoms with E-state index in [9.17, 15) is 4.79 Å². The first-order valence-corrected chi connectivity index (χ1v) is 8.78. The van der Waals surface area contributed by atoms with Gasteiger partial charge in [-0.2, -0.15) is 0 Å². The van der Waals surface area contributed by atoms with Crippen LogP contribution in [0.4, 0.5) is 4.79 Å². The van der Waals surface area contributed by atoms with Crippen molar-refractivity contribution in [1.82, 2.24) is 10.2 Å². The SMILES string of the molecule is CC(=Cc1ccccc1)CNC[C@@H]1CCCN1C(=O)OC(C)(C)C. The lowest BCUT2D eigenvalue weighted by molar-refractivity contribution is 0.0227. The fourth-order valence-electron chi connectivity index (χ4n) is 2.93. The number of hydrogen-bond acceptors (Lipinski definition) is 3. The second kappa shape index (κ2) is 8.34. The van der Waals surface area contributed by atoms with E-state index < -0.39 is 5.60 Å². The van der Waals surface area contributed by atoms with Crippen molar-refractivity contribution in [2.75, 3.05) is 19.6 Å². The summed E-state index contributed by atoms with van der Waals surface area (Å²) in [6.07, 6.45) is 4.08. The third-order valence-electron chi connectivity index (χ3n) is 4.00. The van der Waals surface area contributed by atoms with E-state index in [4.69, 9.17) is 4.74 Å². The maximum atomic E-state index is 12.3. The zero-order valence-electron chi connectivity index (χ0n) is 15.3. The van der Waals surface area contributed by atoms with Crippen LogP contribution in [-0.4, -0.2) is 42.3 Å². The number of nitrogens with one attached hydrogen (secondary N) is 1. The number of nitrogens with zero attached hydrogens (tertiary/aromatic N) is 1. The molecule has 0 unspecified atom stereocenters. The molecule has 1 aromatic rings. The summed E-state index contributed by atoms with van der Waals surface area (Å²) in [6.45, 7) is 10.3. The lowest BCUT2D eigenvalue weighted by Crippen LogP contribution is -2.44. The van der Waals surface area contributed by atoms with Crippen LogP contribution in [0.3, 0.4) is 0 Å². The zero-order valence-corrected chi connectivity index (χ0v) is 15.3. The van der Waals surface area contributed by atoms with Crippen molar-refractivity contribution in [3.05, 3.63) is 41.5 Å². The Morgan fingerprint density at radius 2 is 2.04 bits per heavy atom. The summed E-state index contributed by atoms with van der Waals surface area (Å²) >= 11 is 0. The Kier molecular flexibility index (Phi) is 6.44. The Morgan fingerprint density at radius 1 is 1.33 bits per heavy atom. The molecule has 1 N–H and O–H groups in total. The minimum absolute atomic E-state index is 0.191. The highest BCUT2D eigenvalue weighted by atomic mass is 16.6. The molecule has 0 aliphatic carbocycles. The van der Waals surface area contributed by atoms with E-state index in [0.717, 1.165) is 32.5 Å². The molecule has 1 saturated heterocycles. The van der Waals surface area contributed by atoms with Crippen LogP contribution in [0.2, 0.25) is 0 Å². The lowest BCUT2D eigenvalue weighted by atomic mass is 10.1. The summed E-state index contributed by atoms with van der Waals surface area (Å²) in [7, 11) is 0. The van der Waals surface area contributed by atoms with Gasteiger partial charge in [0.15, 0.2) is 0 Å². The van der Waals surface area contributed by atoms with Crippen LogP contribution < -0.4 is 5.32 Å². The third kappa shape index (κ3) is 6.00. The Hall–Kier alpha value is -1.81. The van der Waals surface area contributed by atoms with Gasteiger partial charge in [0.2, 0.25) is 0 Å². The average molecular weight is 330 g/mol. The van der Waals surface area contributed by atoms with Gasteiger partial charge in [-0.1, -0.05) is 42.0 Å². The van der Waals surface area contributed by atoms with Gasteiger partial charge in [-0.25, -0.2) is 4.79 Å². The van der Waals surface area contributed by atoms with E-state index >= 15 is 0 Å². The Labute approximate surface area is 145 Å². The molecule has 0 bridgehead atoms. The molecule has 1 heterocycles. The van der Waals surface area contributed by atoms with Crippen molar-refractivity contribution in [1.29, 1.82) is 0 Å². The van der Waals surface area contributed by atoms with E-state index in [1.807, 2.05) is 43.9 Å². The Morgan fingerprint density at radius 3 is 2.71 bits per heavy atom. The van der Waals surface area contributed by atoms with Gasteiger partial charge in [-0.05, 0) is 46.1 Å². The van der Waals surface area contributed by atoms with Gasteiger partial charge < -0.3 is 15.0 Å². The molecule has 1 aliphatic rings. The van der Waals surface area contributed by atoms with Crippen molar-refractivity contribution in [2.24, 2.45) is 0 Å². The largest absolute Gasteiger partial charge is 0.444 e. The molecular formula is C20H30N2O2.